The Morgan fingerprint density at radius 1 is 1.10 bits per heavy atom. The van der Waals surface area contributed by atoms with Crippen molar-refractivity contribution in [1.29, 1.82) is 0 Å². The molecule has 0 aliphatic carbocycles. The summed E-state index contributed by atoms with van der Waals surface area (Å²) in [5.41, 5.74) is 0.839. The Morgan fingerprint density at radius 3 is 2.71 bits per heavy atom. The molecule has 0 saturated carbocycles. The Bertz CT molecular complexity index is 807. The zero-order valence-electron chi connectivity index (χ0n) is 10.8. The quantitative estimate of drug-likeness (QED) is 0.458. The van der Waals surface area contributed by atoms with Crippen LogP contribution in [0.4, 0.5) is 0 Å². The van der Waals surface area contributed by atoms with Gasteiger partial charge in [0.2, 0.25) is 5.88 Å². The molecule has 2 nitrogen and oxygen atoms in total. The average molecular weight is 428 g/mol. The monoisotopic (exact) mass is 425 g/mol. The molecule has 0 atom stereocenters. The number of nitrogens with zero attached hydrogens (tertiary/aromatic N) is 1. The number of rotatable bonds is 3. The molecule has 106 valence electrons. The van der Waals surface area contributed by atoms with Crippen molar-refractivity contribution in [2.24, 2.45) is 0 Å². The molecule has 2 aromatic carbocycles. The number of pyridine rings is 1. The van der Waals surface area contributed by atoms with Gasteiger partial charge in [-0.25, -0.2) is 4.98 Å². The van der Waals surface area contributed by atoms with E-state index in [2.05, 4.69) is 42.9 Å². The van der Waals surface area contributed by atoms with Gasteiger partial charge >= 0.3 is 0 Å². The van der Waals surface area contributed by atoms with Gasteiger partial charge in [0.1, 0.15) is 5.75 Å². The lowest BCUT2D eigenvalue weighted by Crippen LogP contribution is -1.94. The lowest BCUT2D eigenvalue weighted by atomic mass is 10.1. The van der Waals surface area contributed by atoms with E-state index in [1.54, 1.807) is 6.20 Å². The van der Waals surface area contributed by atoms with E-state index in [1.165, 1.54) is 0 Å². The molecular weight excluding hydrogens is 417 g/mol. The molecule has 0 bridgehead atoms. The number of hydrogen-bond acceptors (Lipinski definition) is 2. The molecule has 3 rings (SSSR count). The third kappa shape index (κ3) is 3.07. The van der Waals surface area contributed by atoms with Gasteiger partial charge in [-0.3, -0.25) is 0 Å². The predicted molar refractivity (Wildman–Crippen MR) is 93.2 cm³/mol. The van der Waals surface area contributed by atoms with Crippen LogP contribution in [0.3, 0.4) is 0 Å². The summed E-state index contributed by atoms with van der Waals surface area (Å²) < 4.78 is 7.72. The minimum atomic E-state index is 0.340. The first-order chi connectivity index (χ1) is 10.2. The summed E-state index contributed by atoms with van der Waals surface area (Å²) in [4.78, 5) is 4.29. The van der Waals surface area contributed by atoms with Crippen LogP contribution in [0.2, 0.25) is 0 Å². The van der Waals surface area contributed by atoms with E-state index in [0.717, 1.165) is 31.0 Å². The summed E-state index contributed by atoms with van der Waals surface area (Å²) in [5, 5.41) is 2.25. The Balaban J connectivity index is 2.04. The van der Waals surface area contributed by atoms with Crippen molar-refractivity contribution < 1.29 is 4.74 Å². The smallest absolute Gasteiger partial charge is 0.223 e. The van der Waals surface area contributed by atoms with Crippen LogP contribution >= 0.6 is 43.5 Å². The first kappa shape index (κ1) is 14.8. The average Bonchev–Trinajstić information content (AvgIpc) is 2.51. The maximum Gasteiger partial charge on any atom is 0.223 e. The van der Waals surface area contributed by atoms with Crippen molar-refractivity contribution in [2.45, 2.75) is 5.88 Å². The molecule has 0 unspecified atom stereocenters. The molecule has 0 aliphatic rings. The van der Waals surface area contributed by atoms with Gasteiger partial charge in [-0.1, -0.05) is 30.3 Å². The maximum absolute atomic E-state index is 5.95. The fourth-order valence-corrected chi connectivity index (χ4v) is 3.20. The van der Waals surface area contributed by atoms with Crippen molar-refractivity contribution in [3.8, 4) is 11.6 Å². The minimum Gasteiger partial charge on any atom is -0.437 e. The normalized spacial score (nSPS) is 10.8. The van der Waals surface area contributed by atoms with Crippen LogP contribution in [-0.4, -0.2) is 4.98 Å². The molecule has 0 N–H and O–H groups in total. The van der Waals surface area contributed by atoms with Gasteiger partial charge < -0.3 is 4.74 Å². The third-order valence-electron chi connectivity index (χ3n) is 3.07. The number of alkyl halides is 1. The number of halogens is 3. The summed E-state index contributed by atoms with van der Waals surface area (Å²) in [7, 11) is 0. The molecule has 0 aliphatic heterocycles. The van der Waals surface area contributed by atoms with E-state index >= 15 is 0 Å². The largest absolute Gasteiger partial charge is 0.437 e. The van der Waals surface area contributed by atoms with Crippen LogP contribution in [-0.2, 0) is 5.88 Å². The highest BCUT2D eigenvalue weighted by Gasteiger charge is 2.11. The van der Waals surface area contributed by atoms with Gasteiger partial charge in [-0.05, 0) is 54.8 Å². The van der Waals surface area contributed by atoms with E-state index in [9.17, 15) is 0 Å². The Hall–Kier alpha value is -1.10. The highest BCUT2D eigenvalue weighted by Crippen LogP contribution is 2.36. The fraction of sp³-hybridized carbons (Fsp3) is 0.0625. The number of ether oxygens (including phenoxy) is 1. The predicted octanol–water partition coefficient (Wildman–Crippen LogP) is 6.29. The van der Waals surface area contributed by atoms with Crippen LogP contribution in [0, 0.1) is 0 Å². The van der Waals surface area contributed by atoms with Crippen LogP contribution in [0.1, 0.15) is 5.56 Å². The van der Waals surface area contributed by atoms with Crippen molar-refractivity contribution in [1.82, 2.24) is 4.98 Å². The van der Waals surface area contributed by atoms with Crippen LogP contribution in [0.25, 0.3) is 10.8 Å². The fourth-order valence-electron chi connectivity index (χ4n) is 2.05. The van der Waals surface area contributed by atoms with E-state index in [-0.39, 0.29) is 0 Å². The number of benzene rings is 2. The first-order valence-corrected chi connectivity index (χ1v) is 8.36. The van der Waals surface area contributed by atoms with Gasteiger partial charge in [0, 0.05) is 16.2 Å². The van der Waals surface area contributed by atoms with Crippen LogP contribution in [0.5, 0.6) is 11.6 Å². The van der Waals surface area contributed by atoms with Crippen LogP contribution in [0.15, 0.2) is 57.6 Å². The molecule has 0 fully saturated rings. The number of fused-ring (bicyclic) bond motifs is 1. The molecule has 1 aromatic heterocycles. The van der Waals surface area contributed by atoms with Gasteiger partial charge in [0.25, 0.3) is 0 Å². The van der Waals surface area contributed by atoms with Gasteiger partial charge in [0.15, 0.2) is 0 Å². The molecule has 0 radical (unpaired) electrons. The van der Waals surface area contributed by atoms with E-state index in [4.69, 9.17) is 16.3 Å². The van der Waals surface area contributed by atoms with E-state index in [0.29, 0.717) is 11.8 Å². The van der Waals surface area contributed by atoms with Crippen LogP contribution < -0.4 is 4.74 Å². The molecule has 0 saturated heterocycles. The number of aromatic nitrogens is 1. The third-order valence-corrected chi connectivity index (χ3v) is 4.61. The SMILES string of the molecule is ClCc1cc(Br)cnc1Oc1ccc2ccccc2c1Br. The topological polar surface area (TPSA) is 22.1 Å². The molecular formula is C16H10Br2ClNO. The highest BCUT2D eigenvalue weighted by atomic mass is 79.9. The number of hydrogen-bond donors (Lipinski definition) is 0. The molecule has 1 heterocycles. The van der Waals surface area contributed by atoms with Crippen molar-refractivity contribution in [2.75, 3.05) is 0 Å². The van der Waals surface area contributed by atoms with Crippen molar-refractivity contribution in [3.05, 3.63) is 63.2 Å². The zero-order chi connectivity index (χ0) is 14.8. The summed E-state index contributed by atoms with van der Waals surface area (Å²) in [6.07, 6.45) is 1.69. The van der Waals surface area contributed by atoms with Gasteiger partial charge in [-0.15, -0.1) is 11.6 Å². The summed E-state index contributed by atoms with van der Waals surface area (Å²) >= 11 is 12.9. The summed E-state index contributed by atoms with van der Waals surface area (Å²) in [5.74, 6) is 1.58. The summed E-state index contributed by atoms with van der Waals surface area (Å²) in [6.45, 7) is 0. The van der Waals surface area contributed by atoms with E-state index < -0.39 is 0 Å². The maximum atomic E-state index is 5.95. The lowest BCUT2D eigenvalue weighted by molar-refractivity contribution is 0.456. The minimum absolute atomic E-state index is 0.340. The molecule has 3 aromatic rings. The Morgan fingerprint density at radius 2 is 1.90 bits per heavy atom. The second kappa shape index (κ2) is 6.34. The van der Waals surface area contributed by atoms with Crippen molar-refractivity contribution >= 4 is 54.2 Å². The lowest BCUT2D eigenvalue weighted by Gasteiger charge is -2.11. The second-order valence-electron chi connectivity index (χ2n) is 4.45. The summed E-state index contributed by atoms with van der Waals surface area (Å²) in [6, 6.07) is 14.0. The second-order valence-corrected chi connectivity index (χ2v) is 6.43. The first-order valence-electron chi connectivity index (χ1n) is 6.24. The van der Waals surface area contributed by atoms with Crippen molar-refractivity contribution in [3.63, 3.8) is 0 Å². The molecule has 0 spiro atoms. The molecule has 5 heteroatoms. The van der Waals surface area contributed by atoms with E-state index in [1.807, 2.05) is 36.4 Å². The Labute approximate surface area is 144 Å². The Kier molecular flexibility index (Phi) is 4.48. The highest BCUT2D eigenvalue weighted by molar-refractivity contribution is 9.11. The van der Waals surface area contributed by atoms with Gasteiger partial charge in [-0.2, -0.15) is 0 Å². The molecule has 0 amide bonds. The molecule has 21 heavy (non-hydrogen) atoms. The standard InChI is InChI=1S/C16H10Br2ClNO/c17-12-7-11(8-19)16(20-9-12)21-14-6-5-10-3-1-2-4-13(10)15(14)18/h1-7,9H,8H2. The zero-order valence-corrected chi connectivity index (χ0v) is 14.7. The van der Waals surface area contributed by atoms with Gasteiger partial charge in [0.05, 0.1) is 10.4 Å².